The van der Waals surface area contributed by atoms with E-state index in [2.05, 4.69) is 0 Å². The number of benzene rings is 2. The number of nitrogens with one attached hydrogen (secondary N) is 1. The number of nitrogens with two attached hydrogens (primary N) is 1. The lowest BCUT2D eigenvalue weighted by Gasteiger charge is -2.11. The summed E-state index contributed by atoms with van der Waals surface area (Å²) in [6.45, 7) is 0. The summed E-state index contributed by atoms with van der Waals surface area (Å²) in [5, 5.41) is 18.3. The SMILES string of the molecule is COc1cc(C(=N)N)ccc1Oc1ccccc1[N+](=O)[O-].Cl. The van der Waals surface area contributed by atoms with Gasteiger partial charge < -0.3 is 15.2 Å². The highest BCUT2D eigenvalue weighted by molar-refractivity contribution is 5.95. The van der Waals surface area contributed by atoms with E-state index in [4.69, 9.17) is 20.6 Å². The molecule has 0 saturated heterocycles. The highest BCUT2D eigenvalue weighted by atomic mass is 35.5. The van der Waals surface area contributed by atoms with Gasteiger partial charge >= 0.3 is 5.69 Å². The molecule has 0 unspecified atom stereocenters. The van der Waals surface area contributed by atoms with Gasteiger partial charge in [-0.05, 0) is 24.3 Å². The fourth-order valence-electron chi connectivity index (χ4n) is 1.73. The van der Waals surface area contributed by atoms with E-state index in [0.29, 0.717) is 17.1 Å². The standard InChI is InChI=1S/C14H13N3O4.ClH/c1-20-13-8-9(14(15)16)6-7-12(13)21-11-5-3-2-4-10(11)17(18)19;/h2-8H,1H3,(H3,15,16);1H. The fourth-order valence-corrected chi connectivity index (χ4v) is 1.73. The molecule has 0 radical (unpaired) electrons. The molecule has 0 aliphatic rings. The van der Waals surface area contributed by atoms with Crippen LogP contribution in [0.4, 0.5) is 5.69 Å². The van der Waals surface area contributed by atoms with Crippen LogP contribution >= 0.6 is 12.4 Å². The van der Waals surface area contributed by atoms with Crippen molar-refractivity contribution in [1.29, 1.82) is 5.41 Å². The minimum absolute atomic E-state index is 0. The highest BCUT2D eigenvalue weighted by Gasteiger charge is 2.16. The number of rotatable bonds is 5. The van der Waals surface area contributed by atoms with Crippen LogP contribution in [0.2, 0.25) is 0 Å². The van der Waals surface area contributed by atoms with E-state index in [9.17, 15) is 10.1 Å². The van der Waals surface area contributed by atoms with Crippen LogP contribution in [0, 0.1) is 15.5 Å². The van der Waals surface area contributed by atoms with Crippen molar-refractivity contribution in [3.63, 3.8) is 0 Å². The zero-order valence-corrected chi connectivity index (χ0v) is 12.4. The van der Waals surface area contributed by atoms with Crippen LogP contribution < -0.4 is 15.2 Å². The van der Waals surface area contributed by atoms with Crippen molar-refractivity contribution in [3.8, 4) is 17.2 Å². The molecule has 0 bridgehead atoms. The van der Waals surface area contributed by atoms with Gasteiger partial charge in [0.05, 0.1) is 12.0 Å². The van der Waals surface area contributed by atoms with Gasteiger partial charge in [-0.2, -0.15) is 0 Å². The summed E-state index contributed by atoms with van der Waals surface area (Å²) in [6, 6.07) is 10.7. The molecule has 0 aliphatic heterocycles. The largest absolute Gasteiger partial charge is 0.493 e. The first kappa shape index (κ1) is 17.3. The van der Waals surface area contributed by atoms with E-state index in [0.717, 1.165) is 0 Å². The summed E-state index contributed by atoms with van der Waals surface area (Å²) in [4.78, 5) is 10.4. The third-order valence-electron chi connectivity index (χ3n) is 2.76. The number of nitrogens with zero attached hydrogens (tertiary/aromatic N) is 1. The molecular weight excluding hydrogens is 310 g/mol. The van der Waals surface area contributed by atoms with Gasteiger partial charge in [0, 0.05) is 11.6 Å². The number of para-hydroxylation sites is 2. The van der Waals surface area contributed by atoms with Crippen LogP contribution in [0.25, 0.3) is 0 Å². The van der Waals surface area contributed by atoms with Crippen molar-refractivity contribution >= 4 is 23.9 Å². The Balaban J connectivity index is 0.00000242. The number of nitro groups is 1. The maximum Gasteiger partial charge on any atom is 0.311 e. The topological polar surface area (TPSA) is 111 Å². The van der Waals surface area contributed by atoms with Crippen molar-refractivity contribution in [2.45, 2.75) is 0 Å². The van der Waals surface area contributed by atoms with Gasteiger partial charge in [0.2, 0.25) is 5.75 Å². The molecule has 7 nitrogen and oxygen atoms in total. The van der Waals surface area contributed by atoms with Gasteiger partial charge in [0.15, 0.2) is 11.5 Å². The molecule has 22 heavy (non-hydrogen) atoms. The number of halogens is 1. The van der Waals surface area contributed by atoms with Crippen LogP contribution in [0.3, 0.4) is 0 Å². The zero-order valence-electron chi connectivity index (χ0n) is 11.6. The molecule has 0 atom stereocenters. The van der Waals surface area contributed by atoms with E-state index in [-0.39, 0.29) is 29.7 Å². The molecule has 0 spiro atoms. The number of hydrogen-bond donors (Lipinski definition) is 2. The summed E-state index contributed by atoms with van der Waals surface area (Å²) in [6.07, 6.45) is 0. The second-order valence-corrected chi connectivity index (χ2v) is 4.11. The Kier molecular flexibility index (Phi) is 5.71. The molecule has 116 valence electrons. The monoisotopic (exact) mass is 323 g/mol. The van der Waals surface area contributed by atoms with Gasteiger partial charge in [-0.1, -0.05) is 12.1 Å². The molecule has 2 aromatic carbocycles. The Morgan fingerprint density at radius 1 is 1.18 bits per heavy atom. The lowest BCUT2D eigenvalue weighted by Crippen LogP contribution is -2.11. The summed E-state index contributed by atoms with van der Waals surface area (Å²) in [5.41, 5.74) is 5.73. The molecular formula is C14H14ClN3O4. The Morgan fingerprint density at radius 2 is 1.86 bits per heavy atom. The molecule has 2 rings (SSSR count). The third-order valence-corrected chi connectivity index (χ3v) is 2.76. The Morgan fingerprint density at radius 3 is 2.45 bits per heavy atom. The van der Waals surface area contributed by atoms with Crippen molar-refractivity contribution < 1.29 is 14.4 Å². The van der Waals surface area contributed by atoms with E-state index < -0.39 is 4.92 Å². The van der Waals surface area contributed by atoms with Crippen molar-refractivity contribution in [3.05, 3.63) is 58.1 Å². The van der Waals surface area contributed by atoms with E-state index in [1.807, 2.05) is 0 Å². The minimum atomic E-state index is -0.522. The number of methoxy groups -OCH3 is 1. The van der Waals surface area contributed by atoms with Gasteiger partial charge in [-0.3, -0.25) is 15.5 Å². The van der Waals surface area contributed by atoms with Gasteiger partial charge in [-0.25, -0.2) is 0 Å². The van der Waals surface area contributed by atoms with Crippen LogP contribution in [0.15, 0.2) is 42.5 Å². The number of hydrogen-bond acceptors (Lipinski definition) is 5. The average molecular weight is 324 g/mol. The first-order valence-electron chi connectivity index (χ1n) is 5.96. The van der Waals surface area contributed by atoms with Crippen LogP contribution in [-0.4, -0.2) is 17.9 Å². The summed E-state index contributed by atoms with van der Waals surface area (Å²) >= 11 is 0. The molecule has 0 aliphatic carbocycles. The maximum atomic E-state index is 11.0. The molecule has 0 aromatic heterocycles. The molecule has 3 N–H and O–H groups in total. The van der Waals surface area contributed by atoms with Gasteiger partial charge in [-0.15, -0.1) is 12.4 Å². The second kappa shape index (κ2) is 7.28. The van der Waals surface area contributed by atoms with E-state index >= 15 is 0 Å². The van der Waals surface area contributed by atoms with Crippen molar-refractivity contribution in [2.75, 3.05) is 7.11 Å². The Hall–Kier alpha value is -2.80. The van der Waals surface area contributed by atoms with Crippen LogP contribution in [0.1, 0.15) is 5.56 Å². The summed E-state index contributed by atoms with van der Waals surface area (Å²) in [7, 11) is 1.44. The van der Waals surface area contributed by atoms with Gasteiger partial charge in [0.25, 0.3) is 0 Å². The predicted molar refractivity (Wildman–Crippen MR) is 84.4 cm³/mol. The molecule has 8 heteroatoms. The molecule has 0 heterocycles. The second-order valence-electron chi connectivity index (χ2n) is 4.11. The molecule has 0 amide bonds. The Bertz CT molecular complexity index is 706. The summed E-state index contributed by atoms with van der Waals surface area (Å²) in [5.74, 6) is 0.638. The quantitative estimate of drug-likeness (QED) is 0.380. The number of nitro benzene ring substituents is 1. The van der Waals surface area contributed by atoms with Crippen LogP contribution in [-0.2, 0) is 0 Å². The summed E-state index contributed by atoms with van der Waals surface area (Å²) < 4.78 is 10.7. The Labute approximate surface area is 132 Å². The first-order valence-corrected chi connectivity index (χ1v) is 5.96. The highest BCUT2D eigenvalue weighted by Crippen LogP contribution is 2.36. The molecule has 2 aromatic rings. The van der Waals surface area contributed by atoms with Gasteiger partial charge in [0.1, 0.15) is 5.84 Å². The lowest BCUT2D eigenvalue weighted by atomic mass is 10.2. The van der Waals surface area contributed by atoms with E-state index in [1.54, 1.807) is 24.3 Å². The van der Waals surface area contributed by atoms with Crippen molar-refractivity contribution in [1.82, 2.24) is 0 Å². The number of nitrogen functional groups attached to an aromatic ring is 1. The number of amidine groups is 1. The lowest BCUT2D eigenvalue weighted by molar-refractivity contribution is -0.385. The zero-order chi connectivity index (χ0) is 15.4. The third kappa shape index (κ3) is 3.64. The smallest absolute Gasteiger partial charge is 0.311 e. The predicted octanol–water partition coefficient (Wildman–Crippen LogP) is 3.10. The average Bonchev–Trinajstić information content (AvgIpc) is 2.47. The van der Waals surface area contributed by atoms with Crippen LogP contribution in [0.5, 0.6) is 17.2 Å². The maximum absolute atomic E-state index is 11.0. The minimum Gasteiger partial charge on any atom is -0.493 e. The molecule has 0 saturated carbocycles. The van der Waals surface area contributed by atoms with Crippen molar-refractivity contribution in [2.24, 2.45) is 5.73 Å². The normalized spacial score (nSPS) is 9.50. The first-order chi connectivity index (χ1) is 10.0. The van der Waals surface area contributed by atoms with E-state index in [1.165, 1.54) is 25.3 Å². The fraction of sp³-hybridized carbons (Fsp3) is 0.0714. The number of ether oxygens (including phenoxy) is 2. The molecule has 0 fully saturated rings.